The second-order valence-corrected chi connectivity index (χ2v) is 9.50. The highest BCUT2D eigenvalue weighted by molar-refractivity contribution is 5.08. The van der Waals surface area contributed by atoms with Gasteiger partial charge in [-0.3, -0.25) is 0 Å². The highest BCUT2D eigenvalue weighted by atomic mass is 16.2. The lowest BCUT2D eigenvalue weighted by Gasteiger charge is -2.02. The Bertz CT molecular complexity index is 584. The predicted octanol–water partition coefficient (Wildman–Crippen LogP) is 10.2. The van der Waals surface area contributed by atoms with Crippen molar-refractivity contribution >= 4 is 0 Å². The van der Waals surface area contributed by atoms with Gasteiger partial charge in [-0.1, -0.05) is 69.9 Å². The largest absolute Gasteiger partial charge is 0.400 e. The first-order valence-electron chi connectivity index (χ1n) is 12.5. The summed E-state index contributed by atoms with van der Waals surface area (Å²) in [7, 11) is 1.00. The Labute approximate surface area is 201 Å². The van der Waals surface area contributed by atoms with Crippen molar-refractivity contribution in [3.8, 4) is 0 Å². The molecule has 0 amide bonds. The molecule has 0 saturated heterocycles. The van der Waals surface area contributed by atoms with Crippen LogP contribution in [0.15, 0.2) is 69.9 Å². The summed E-state index contributed by atoms with van der Waals surface area (Å²) in [5, 5.41) is 7.00. The van der Waals surface area contributed by atoms with Crippen LogP contribution >= 0.6 is 0 Å². The number of aliphatic hydroxyl groups is 1. The predicted molar refractivity (Wildman–Crippen MR) is 148 cm³/mol. The van der Waals surface area contributed by atoms with Crippen LogP contribution in [0.25, 0.3) is 0 Å². The summed E-state index contributed by atoms with van der Waals surface area (Å²) < 4.78 is 0. The van der Waals surface area contributed by atoms with E-state index in [1.54, 1.807) is 0 Å². The van der Waals surface area contributed by atoms with E-state index in [0.717, 1.165) is 7.11 Å². The van der Waals surface area contributed by atoms with Crippen molar-refractivity contribution in [3.63, 3.8) is 0 Å². The Hall–Kier alpha value is -1.60. The molecule has 0 unspecified atom stereocenters. The summed E-state index contributed by atoms with van der Waals surface area (Å²) in [5.41, 5.74) is 8.97. The molecule has 0 fully saturated rings. The van der Waals surface area contributed by atoms with Crippen LogP contribution in [0.4, 0.5) is 0 Å². The zero-order valence-corrected chi connectivity index (χ0v) is 23.0. The monoisotopic (exact) mass is 442 g/mol. The Morgan fingerprint density at radius 1 is 0.375 bits per heavy atom. The maximum absolute atomic E-state index is 7.00. The van der Waals surface area contributed by atoms with Gasteiger partial charge in [0.25, 0.3) is 0 Å². The minimum atomic E-state index is 1.00. The first kappa shape index (κ1) is 32.6. The van der Waals surface area contributed by atoms with Crippen molar-refractivity contribution in [1.82, 2.24) is 0 Å². The molecule has 184 valence electrons. The molecule has 0 aromatic carbocycles. The fourth-order valence-electron chi connectivity index (χ4n) is 3.34. The summed E-state index contributed by atoms with van der Waals surface area (Å²) in [6.07, 6.45) is 26.2. The van der Waals surface area contributed by atoms with Crippen LogP contribution < -0.4 is 0 Å². The van der Waals surface area contributed by atoms with E-state index in [9.17, 15) is 0 Å². The molecular formula is C31H54O. The van der Waals surface area contributed by atoms with Crippen molar-refractivity contribution < 1.29 is 5.11 Å². The van der Waals surface area contributed by atoms with E-state index in [-0.39, 0.29) is 0 Å². The summed E-state index contributed by atoms with van der Waals surface area (Å²) in [6, 6.07) is 0. The van der Waals surface area contributed by atoms with Crippen molar-refractivity contribution in [1.29, 1.82) is 0 Å². The van der Waals surface area contributed by atoms with Gasteiger partial charge in [-0.15, -0.1) is 0 Å². The molecule has 1 heteroatoms. The Balaban J connectivity index is 0. The molecule has 0 heterocycles. The van der Waals surface area contributed by atoms with E-state index in [1.165, 1.54) is 97.6 Å². The van der Waals surface area contributed by atoms with Gasteiger partial charge in [0.1, 0.15) is 0 Å². The van der Waals surface area contributed by atoms with Crippen molar-refractivity contribution in [3.05, 3.63) is 69.9 Å². The van der Waals surface area contributed by atoms with Crippen LogP contribution in [-0.4, -0.2) is 12.2 Å². The summed E-state index contributed by atoms with van der Waals surface area (Å²) in [4.78, 5) is 0. The van der Waals surface area contributed by atoms with Crippen molar-refractivity contribution in [2.75, 3.05) is 7.11 Å². The Kier molecular flexibility index (Phi) is 23.0. The molecule has 0 aliphatic heterocycles. The van der Waals surface area contributed by atoms with E-state index in [1.807, 2.05) is 0 Å². The van der Waals surface area contributed by atoms with Crippen LogP contribution in [0, 0.1) is 0 Å². The third-order valence-corrected chi connectivity index (χ3v) is 5.40. The minimum Gasteiger partial charge on any atom is -0.400 e. The number of aliphatic hydroxyl groups excluding tert-OH is 1. The standard InChI is InChI=1S/C30H50.CH4O/c1-25(2)15-11-19-29(7)23-13-21-27(5)17-9-10-18-28(6)22-14-24-30(8)20-12-16-26(3)4;1-2/h15-18,23-24H,9-14,19-22H2,1-8H3;2H,1H3/b27-17+,28-18+,29-23+,30-24+;. The molecule has 0 atom stereocenters. The van der Waals surface area contributed by atoms with Crippen LogP contribution in [0.2, 0.25) is 0 Å². The third kappa shape index (κ3) is 24.7. The molecule has 0 spiro atoms. The van der Waals surface area contributed by atoms with Gasteiger partial charge in [0.05, 0.1) is 0 Å². The maximum Gasteiger partial charge on any atom is 0.0319 e. The van der Waals surface area contributed by atoms with Crippen LogP contribution in [0.5, 0.6) is 0 Å². The molecule has 0 aromatic rings. The van der Waals surface area contributed by atoms with Gasteiger partial charge in [-0.05, 0) is 120 Å². The SMILES string of the molecule is CC(C)=CCC/C(C)=C/CC/C(C)=C/CC/C=C(\C)CC/C=C(\C)CCC=C(C)C.CO. The minimum absolute atomic E-state index is 1.00. The molecular weight excluding hydrogens is 388 g/mol. The molecule has 0 radical (unpaired) electrons. The van der Waals surface area contributed by atoms with E-state index in [0.29, 0.717) is 0 Å². The fourth-order valence-corrected chi connectivity index (χ4v) is 3.34. The topological polar surface area (TPSA) is 20.2 Å². The van der Waals surface area contributed by atoms with Gasteiger partial charge < -0.3 is 5.11 Å². The summed E-state index contributed by atoms with van der Waals surface area (Å²) in [5.74, 6) is 0. The van der Waals surface area contributed by atoms with Gasteiger partial charge in [0.2, 0.25) is 0 Å². The van der Waals surface area contributed by atoms with E-state index >= 15 is 0 Å². The number of hydrogen-bond donors (Lipinski definition) is 1. The van der Waals surface area contributed by atoms with Gasteiger partial charge in [0.15, 0.2) is 0 Å². The molecule has 0 saturated carbocycles. The Morgan fingerprint density at radius 3 is 0.844 bits per heavy atom. The molecule has 0 bridgehead atoms. The van der Waals surface area contributed by atoms with Crippen LogP contribution in [-0.2, 0) is 0 Å². The molecule has 0 aromatic heterocycles. The average Bonchev–Trinajstić information content (AvgIpc) is 2.72. The molecule has 1 N–H and O–H groups in total. The Morgan fingerprint density at radius 2 is 0.594 bits per heavy atom. The molecule has 0 aliphatic carbocycles. The zero-order valence-electron chi connectivity index (χ0n) is 23.0. The fraction of sp³-hybridized carbons (Fsp3) is 0.613. The smallest absolute Gasteiger partial charge is 0.0319 e. The van der Waals surface area contributed by atoms with Crippen molar-refractivity contribution in [2.45, 2.75) is 120 Å². The number of hydrogen-bond acceptors (Lipinski definition) is 1. The van der Waals surface area contributed by atoms with Gasteiger partial charge in [-0.25, -0.2) is 0 Å². The van der Waals surface area contributed by atoms with E-state index < -0.39 is 0 Å². The zero-order chi connectivity index (χ0) is 24.8. The summed E-state index contributed by atoms with van der Waals surface area (Å²) in [6.45, 7) is 17.8. The highest BCUT2D eigenvalue weighted by Crippen LogP contribution is 2.14. The normalized spacial score (nSPS) is 12.8. The lowest BCUT2D eigenvalue weighted by Crippen LogP contribution is -1.82. The molecule has 32 heavy (non-hydrogen) atoms. The average molecular weight is 443 g/mol. The number of rotatable bonds is 15. The van der Waals surface area contributed by atoms with Crippen LogP contribution in [0.1, 0.15) is 120 Å². The second-order valence-electron chi connectivity index (χ2n) is 9.50. The van der Waals surface area contributed by atoms with Gasteiger partial charge in [-0.2, -0.15) is 0 Å². The van der Waals surface area contributed by atoms with E-state index in [4.69, 9.17) is 5.11 Å². The quantitative estimate of drug-likeness (QED) is 0.197. The molecule has 1 nitrogen and oxygen atoms in total. The molecule has 0 aliphatic rings. The first-order chi connectivity index (χ1) is 15.2. The lowest BCUT2D eigenvalue weighted by molar-refractivity contribution is 0.399. The number of allylic oxidation sites excluding steroid dienone is 12. The highest BCUT2D eigenvalue weighted by Gasteiger charge is 1.94. The van der Waals surface area contributed by atoms with Crippen LogP contribution in [0.3, 0.4) is 0 Å². The second kappa shape index (κ2) is 22.6. The summed E-state index contributed by atoms with van der Waals surface area (Å²) >= 11 is 0. The van der Waals surface area contributed by atoms with Crippen molar-refractivity contribution in [2.24, 2.45) is 0 Å². The van der Waals surface area contributed by atoms with E-state index in [2.05, 4.69) is 91.8 Å². The van der Waals surface area contributed by atoms with Gasteiger partial charge in [0, 0.05) is 7.11 Å². The third-order valence-electron chi connectivity index (χ3n) is 5.40. The van der Waals surface area contributed by atoms with Gasteiger partial charge >= 0.3 is 0 Å². The molecule has 0 rings (SSSR count). The first-order valence-corrected chi connectivity index (χ1v) is 12.5. The number of unbranched alkanes of at least 4 members (excludes halogenated alkanes) is 1. The lowest BCUT2D eigenvalue weighted by atomic mass is 10.0. The maximum atomic E-state index is 7.00.